The summed E-state index contributed by atoms with van der Waals surface area (Å²) < 4.78 is 73.9. The van der Waals surface area contributed by atoms with Gasteiger partial charge < -0.3 is 14.4 Å². The second-order valence-corrected chi connectivity index (χ2v) is 8.60. The first-order valence-electron chi connectivity index (χ1n) is 10.8. The lowest BCUT2D eigenvalue weighted by Crippen LogP contribution is -2.31. The van der Waals surface area contributed by atoms with Crippen LogP contribution in [0.1, 0.15) is 40.6 Å². The molecule has 3 heterocycles. The zero-order chi connectivity index (χ0) is 27.2. The number of rotatable bonds is 6. The SMILES string of the molecule is COc1nc2ccc(C(O)(c3ccc(C(F)(F)F)nc3)c3cncn3C)cc2c(C#N)c1CC(C)(F)F. The summed E-state index contributed by atoms with van der Waals surface area (Å²) in [6.45, 7) is 0.701. The van der Waals surface area contributed by atoms with Crippen LogP contribution in [0, 0.1) is 11.3 Å². The van der Waals surface area contributed by atoms with Crippen molar-refractivity contribution in [1.82, 2.24) is 19.5 Å². The third-order valence-electron chi connectivity index (χ3n) is 5.92. The Bertz CT molecular complexity index is 1500. The van der Waals surface area contributed by atoms with Gasteiger partial charge in [0.15, 0.2) is 5.60 Å². The van der Waals surface area contributed by atoms with E-state index in [1.54, 1.807) is 7.05 Å². The van der Waals surface area contributed by atoms with Gasteiger partial charge in [0.25, 0.3) is 0 Å². The van der Waals surface area contributed by atoms with Crippen LogP contribution in [0.4, 0.5) is 22.0 Å². The fourth-order valence-electron chi connectivity index (χ4n) is 4.22. The molecular formula is C25H20F5N5O2. The highest BCUT2D eigenvalue weighted by Crippen LogP contribution is 2.40. The number of halogens is 5. The second-order valence-electron chi connectivity index (χ2n) is 8.60. The number of hydrogen-bond donors (Lipinski definition) is 1. The number of ether oxygens (including phenoxy) is 1. The maximum absolute atomic E-state index is 13.9. The van der Waals surface area contributed by atoms with Crippen molar-refractivity contribution in [3.8, 4) is 11.9 Å². The number of pyridine rings is 2. The number of nitrogens with zero attached hydrogens (tertiary/aromatic N) is 5. The summed E-state index contributed by atoms with van der Waals surface area (Å²) in [6.07, 6.45) is -1.87. The predicted octanol–water partition coefficient (Wildman–Crippen LogP) is 4.74. The summed E-state index contributed by atoms with van der Waals surface area (Å²) in [5.41, 5.74) is -2.91. The Kier molecular flexibility index (Phi) is 6.37. The predicted molar refractivity (Wildman–Crippen MR) is 122 cm³/mol. The fraction of sp³-hybridized carbons (Fsp3) is 0.280. The second kappa shape index (κ2) is 9.08. The van der Waals surface area contributed by atoms with Gasteiger partial charge >= 0.3 is 6.18 Å². The van der Waals surface area contributed by atoms with E-state index in [-0.39, 0.29) is 44.7 Å². The Balaban J connectivity index is 2.00. The van der Waals surface area contributed by atoms with Crippen molar-refractivity contribution < 1.29 is 31.8 Å². The number of hydrogen-bond acceptors (Lipinski definition) is 6. The Labute approximate surface area is 207 Å². The molecule has 0 saturated heterocycles. The molecule has 4 rings (SSSR count). The number of aliphatic hydroxyl groups is 1. The van der Waals surface area contributed by atoms with Crippen molar-refractivity contribution in [3.63, 3.8) is 0 Å². The fourth-order valence-corrected chi connectivity index (χ4v) is 4.22. The van der Waals surface area contributed by atoms with Crippen molar-refractivity contribution in [2.24, 2.45) is 7.05 Å². The third kappa shape index (κ3) is 4.70. The molecule has 0 aliphatic heterocycles. The number of benzene rings is 1. The smallest absolute Gasteiger partial charge is 0.433 e. The lowest BCUT2D eigenvalue weighted by Gasteiger charge is -2.30. The highest BCUT2D eigenvalue weighted by Gasteiger charge is 2.39. The van der Waals surface area contributed by atoms with Gasteiger partial charge in [-0.2, -0.15) is 18.4 Å². The molecule has 192 valence electrons. The highest BCUT2D eigenvalue weighted by atomic mass is 19.4. The summed E-state index contributed by atoms with van der Waals surface area (Å²) in [5, 5.41) is 22.1. The van der Waals surface area contributed by atoms with Crippen molar-refractivity contribution >= 4 is 10.9 Å². The molecule has 12 heteroatoms. The van der Waals surface area contributed by atoms with Crippen LogP contribution in [0.15, 0.2) is 49.1 Å². The van der Waals surface area contributed by atoms with Gasteiger partial charge in [-0.05, 0) is 30.7 Å². The first-order chi connectivity index (χ1) is 17.3. The van der Waals surface area contributed by atoms with Crippen LogP contribution in [-0.4, -0.2) is 37.7 Å². The summed E-state index contributed by atoms with van der Waals surface area (Å²) in [6, 6.07) is 8.09. The average molecular weight is 517 g/mol. The lowest BCUT2D eigenvalue weighted by atomic mass is 9.83. The summed E-state index contributed by atoms with van der Waals surface area (Å²) in [4.78, 5) is 11.7. The molecule has 0 radical (unpaired) electrons. The molecule has 0 amide bonds. The molecule has 0 aliphatic carbocycles. The van der Waals surface area contributed by atoms with Gasteiger partial charge in [0, 0.05) is 36.2 Å². The molecule has 4 aromatic rings. The van der Waals surface area contributed by atoms with Gasteiger partial charge in [-0.25, -0.2) is 18.7 Å². The van der Waals surface area contributed by atoms with E-state index in [4.69, 9.17) is 4.74 Å². The van der Waals surface area contributed by atoms with E-state index in [1.165, 1.54) is 42.4 Å². The quantitative estimate of drug-likeness (QED) is 0.371. The number of aromatic nitrogens is 4. The molecule has 0 bridgehead atoms. The highest BCUT2D eigenvalue weighted by molar-refractivity contribution is 5.88. The van der Waals surface area contributed by atoms with Gasteiger partial charge in [0.05, 0.1) is 36.4 Å². The zero-order valence-corrected chi connectivity index (χ0v) is 19.8. The summed E-state index contributed by atoms with van der Waals surface area (Å²) in [5.74, 6) is -3.31. The normalized spacial score (nSPS) is 13.8. The Morgan fingerprint density at radius 3 is 2.30 bits per heavy atom. The van der Waals surface area contributed by atoms with Gasteiger partial charge in [-0.3, -0.25) is 4.98 Å². The first kappa shape index (κ1) is 26.0. The molecule has 0 aliphatic rings. The summed E-state index contributed by atoms with van der Waals surface area (Å²) in [7, 11) is 2.83. The number of alkyl halides is 5. The number of fused-ring (bicyclic) bond motifs is 1. The van der Waals surface area contributed by atoms with Crippen LogP contribution in [-0.2, 0) is 25.2 Å². The number of nitriles is 1. The number of methoxy groups -OCH3 is 1. The Morgan fingerprint density at radius 2 is 1.78 bits per heavy atom. The van der Waals surface area contributed by atoms with Crippen molar-refractivity contribution in [2.75, 3.05) is 7.11 Å². The maximum Gasteiger partial charge on any atom is 0.433 e. The molecular weight excluding hydrogens is 497 g/mol. The van der Waals surface area contributed by atoms with E-state index in [0.29, 0.717) is 6.92 Å². The van der Waals surface area contributed by atoms with E-state index >= 15 is 0 Å². The minimum Gasteiger partial charge on any atom is -0.481 e. The summed E-state index contributed by atoms with van der Waals surface area (Å²) >= 11 is 0. The molecule has 1 unspecified atom stereocenters. The van der Waals surface area contributed by atoms with Gasteiger partial charge in [-0.15, -0.1) is 0 Å². The first-order valence-corrected chi connectivity index (χ1v) is 10.8. The van der Waals surface area contributed by atoms with Crippen LogP contribution < -0.4 is 4.74 Å². The van der Waals surface area contributed by atoms with Crippen molar-refractivity contribution in [1.29, 1.82) is 5.26 Å². The molecule has 1 atom stereocenters. The van der Waals surface area contributed by atoms with Gasteiger partial charge in [0.1, 0.15) is 11.8 Å². The van der Waals surface area contributed by atoms with E-state index in [0.717, 1.165) is 18.3 Å². The van der Waals surface area contributed by atoms with Crippen molar-refractivity contribution in [3.05, 3.63) is 82.7 Å². The van der Waals surface area contributed by atoms with Crippen LogP contribution in [0.25, 0.3) is 10.9 Å². The van der Waals surface area contributed by atoms with E-state index in [2.05, 4.69) is 15.0 Å². The molecule has 0 spiro atoms. The number of imidazole rings is 1. The molecule has 7 nitrogen and oxygen atoms in total. The van der Waals surface area contributed by atoms with Crippen LogP contribution in [0.2, 0.25) is 0 Å². The van der Waals surface area contributed by atoms with Gasteiger partial charge in [0.2, 0.25) is 11.8 Å². The number of aryl methyl sites for hydroxylation is 1. The lowest BCUT2D eigenvalue weighted by molar-refractivity contribution is -0.141. The van der Waals surface area contributed by atoms with E-state index in [9.17, 15) is 32.3 Å². The zero-order valence-electron chi connectivity index (χ0n) is 19.8. The van der Waals surface area contributed by atoms with Gasteiger partial charge in [-0.1, -0.05) is 12.1 Å². The molecule has 0 fully saturated rings. The maximum atomic E-state index is 13.9. The molecule has 0 saturated carbocycles. The Morgan fingerprint density at radius 1 is 1.08 bits per heavy atom. The minimum absolute atomic E-state index is 0.0104. The van der Waals surface area contributed by atoms with E-state index < -0.39 is 29.8 Å². The topological polar surface area (TPSA) is 96.8 Å². The molecule has 1 N–H and O–H groups in total. The largest absolute Gasteiger partial charge is 0.481 e. The monoisotopic (exact) mass is 517 g/mol. The van der Waals surface area contributed by atoms with Crippen LogP contribution in [0.5, 0.6) is 5.88 Å². The average Bonchev–Trinajstić information content (AvgIpc) is 3.27. The molecule has 37 heavy (non-hydrogen) atoms. The Hall–Kier alpha value is -4.11. The minimum atomic E-state index is -4.68. The van der Waals surface area contributed by atoms with Crippen molar-refractivity contribution in [2.45, 2.75) is 31.0 Å². The molecule has 3 aromatic heterocycles. The molecule has 1 aromatic carbocycles. The third-order valence-corrected chi connectivity index (χ3v) is 5.92. The standard InChI is InChI=1S/C25H20F5N5O2/c1-23(26,27)9-17-18(10-31)16-8-14(4-6-19(16)34-22(17)37-3)24(36,21-12-32-13-35(21)2)15-5-7-20(33-11-15)25(28,29)30/h4-8,11-13,36H,9H2,1-3H3. The van der Waals surface area contributed by atoms with Crippen LogP contribution >= 0.6 is 0 Å². The van der Waals surface area contributed by atoms with Crippen LogP contribution in [0.3, 0.4) is 0 Å². The van der Waals surface area contributed by atoms with E-state index in [1.807, 2.05) is 6.07 Å².